The molecule has 1 saturated carbocycles. The summed E-state index contributed by atoms with van der Waals surface area (Å²) in [5.74, 6) is 1.53. The topological polar surface area (TPSA) is 69.7 Å². The summed E-state index contributed by atoms with van der Waals surface area (Å²) in [7, 11) is 0. The van der Waals surface area contributed by atoms with E-state index in [4.69, 9.17) is 19.2 Å². The van der Waals surface area contributed by atoms with Crippen molar-refractivity contribution in [3.05, 3.63) is 71.4 Å². The van der Waals surface area contributed by atoms with E-state index in [1.807, 2.05) is 36.4 Å². The molecule has 2 heterocycles. The van der Waals surface area contributed by atoms with Crippen LogP contribution in [0.1, 0.15) is 61.8 Å². The number of benzene rings is 2. The van der Waals surface area contributed by atoms with Crippen molar-refractivity contribution in [2.75, 3.05) is 13.2 Å². The lowest BCUT2D eigenvalue weighted by atomic mass is 9.92. The molecule has 2 aliphatic rings. The Kier molecular flexibility index (Phi) is 8.69. The Morgan fingerprint density at radius 2 is 1.68 bits per heavy atom. The number of aromatic nitrogens is 1. The van der Waals surface area contributed by atoms with Gasteiger partial charge in [0.25, 0.3) is 0 Å². The van der Waals surface area contributed by atoms with Crippen molar-refractivity contribution in [3.8, 4) is 5.75 Å². The van der Waals surface area contributed by atoms with Crippen molar-refractivity contribution in [1.82, 2.24) is 10.3 Å². The van der Waals surface area contributed by atoms with Gasteiger partial charge in [-0.2, -0.15) is 0 Å². The molecular formula is C31H38N2O4. The summed E-state index contributed by atoms with van der Waals surface area (Å²) in [5.41, 5.74) is 4.01. The SMILES string of the molecule is Cc1c(CO[C@H]2CC[C@H](NC(=O)CC3CCOCC3)CC2)nc2ccccc2c1OCc1ccccc1. The quantitative estimate of drug-likeness (QED) is 0.396. The van der Waals surface area contributed by atoms with Crippen molar-refractivity contribution >= 4 is 16.8 Å². The largest absolute Gasteiger partial charge is 0.488 e. The van der Waals surface area contributed by atoms with Gasteiger partial charge in [-0.3, -0.25) is 4.79 Å². The maximum Gasteiger partial charge on any atom is 0.220 e. The predicted octanol–water partition coefficient (Wildman–Crippen LogP) is 5.88. The van der Waals surface area contributed by atoms with E-state index >= 15 is 0 Å². The molecule has 0 bridgehead atoms. The molecule has 2 fully saturated rings. The Bertz CT molecular complexity index is 1170. The zero-order chi connectivity index (χ0) is 25.5. The highest BCUT2D eigenvalue weighted by atomic mass is 16.5. The highest BCUT2D eigenvalue weighted by Crippen LogP contribution is 2.32. The van der Waals surface area contributed by atoms with Crippen molar-refractivity contribution < 1.29 is 19.0 Å². The summed E-state index contributed by atoms with van der Waals surface area (Å²) >= 11 is 0. The maximum absolute atomic E-state index is 12.5. The second-order valence-electron chi connectivity index (χ2n) is 10.4. The molecule has 0 unspecified atom stereocenters. The van der Waals surface area contributed by atoms with Gasteiger partial charge in [-0.1, -0.05) is 42.5 Å². The summed E-state index contributed by atoms with van der Waals surface area (Å²) in [6, 6.07) is 18.6. The standard InChI is InChI=1S/C31H38N2O4/c1-22-29(33-28-10-6-5-9-27(28)31(22)37-20-24-7-3-2-4-8-24)21-36-26-13-11-25(12-14-26)32-30(34)19-23-15-17-35-18-16-23/h2-10,23,25-26H,11-21H2,1H3,(H,32,34)/t25-,26-. The second-order valence-corrected chi connectivity index (χ2v) is 10.4. The first-order valence-electron chi connectivity index (χ1n) is 13.7. The molecule has 1 aliphatic heterocycles. The summed E-state index contributed by atoms with van der Waals surface area (Å²) < 4.78 is 18.1. The van der Waals surface area contributed by atoms with Crippen molar-refractivity contribution in [3.63, 3.8) is 0 Å². The fourth-order valence-corrected chi connectivity index (χ4v) is 5.45. The van der Waals surface area contributed by atoms with E-state index in [1.54, 1.807) is 0 Å². The number of fused-ring (bicyclic) bond motifs is 1. The number of pyridine rings is 1. The van der Waals surface area contributed by atoms with Crippen LogP contribution in [0, 0.1) is 12.8 Å². The lowest BCUT2D eigenvalue weighted by Crippen LogP contribution is -2.40. The van der Waals surface area contributed by atoms with Crippen molar-refractivity contribution in [1.29, 1.82) is 0 Å². The smallest absolute Gasteiger partial charge is 0.220 e. The summed E-state index contributed by atoms with van der Waals surface area (Å²) in [4.78, 5) is 17.4. The first kappa shape index (κ1) is 25.7. The van der Waals surface area contributed by atoms with E-state index in [0.717, 1.165) is 85.2 Å². The van der Waals surface area contributed by atoms with Gasteiger partial charge in [-0.15, -0.1) is 0 Å². The van der Waals surface area contributed by atoms with E-state index < -0.39 is 0 Å². The van der Waals surface area contributed by atoms with Gasteiger partial charge in [0.15, 0.2) is 0 Å². The summed E-state index contributed by atoms with van der Waals surface area (Å²) in [5, 5.41) is 4.29. The predicted molar refractivity (Wildman–Crippen MR) is 144 cm³/mol. The molecule has 37 heavy (non-hydrogen) atoms. The number of carbonyl (C=O) groups excluding carboxylic acids is 1. The summed E-state index contributed by atoms with van der Waals surface area (Å²) in [6.07, 6.45) is 6.62. The lowest BCUT2D eigenvalue weighted by molar-refractivity contribution is -0.123. The Labute approximate surface area is 219 Å². The van der Waals surface area contributed by atoms with Crippen LogP contribution in [-0.2, 0) is 27.5 Å². The number of carbonyl (C=O) groups is 1. The van der Waals surface area contributed by atoms with E-state index in [1.165, 1.54) is 0 Å². The van der Waals surface area contributed by atoms with Crippen LogP contribution in [0.4, 0.5) is 0 Å². The van der Waals surface area contributed by atoms with E-state index in [9.17, 15) is 4.79 Å². The highest BCUT2D eigenvalue weighted by molar-refractivity contribution is 5.86. The molecule has 1 saturated heterocycles. The number of rotatable bonds is 9. The second kappa shape index (κ2) is 12.5. The van der Waals surface area contributed by atoms with E-state index in [-0.39, 0.29) is 18.1 Å². The van der Waals surface area contributed by atoms with Crippen LogP contribution in [0.5, 0.6) is 5.75 Å². The average molecular weight is 503 g/mol. The number of nitrogens with one attached hydrogen (secondary N) is 1. The van der Waals surface area contributed by atoms with Crippen LogP contribution < -0.4 is 10.1 Å². The van der Waals surface area contributed by atoms with Crippen LogP contribution in [0.2, 0.25) is 0 Å². The van der Waals surface area contributed by atoms with Gasteiger partial charge < -0.3 is 19.5 Å². The Morgan fingerprint density at radius 3 is 2.46 bits per heavy atom. The van der Waals surface area contributed by atoms with Gasteiger partial charge >= 0.3 is 0 Å². The number of para-hydroxylation sites is 1. The molecule has 1 aromatic heterocycles. The molecule has 6 heteroatoms. The monoisotopic (exact) mass is 502 g/mol. The molecule has 0 atom stereocenters. The molecule has 6 nitrogen and oxygen atoms in total. The maximum atomic E-state index is 12.5. The fraction of sp³-hybridized carbons (Fsp3) is 0.484. The van der Waals surface area contributed by atoms with Crippen LogP contribution in [0.25, 0.3) is 10.9 Å². The normalized spacial score (nSPS) is 20.6. The minimum atomic E-state index is 0.185. The van der Waals surface area contributed by atoms with Crippen molar-refractivity contribution in [2.45, 2.75) is 77.2 Å². The van der Waals surface area contributed by atoms with E-state index in [2.05, 4.69) is 30.4 Å². The van der Waals surface area contributed by atoms with Crippen molar-refractivity contribution in [2.24, 2.45) is 5.92 Å². The van der Waals surface area contributed by atoms with Crippen LogP contribution >= 0.6 is 0 Å². The molecule has 1 N–H and O–H groups in total. The molecule has 1 amide bonds. The average Bonchev–Trinajstić information content (AvgIpc) is 2.93. The Balaban J connectivity index is 1.15. The van der Waals surface area contributed by atoms with Gasteiger partial charge in [0, 0.05) is 36.6 Å². The van der Waals surface area contributed by atoms with Gasteiger partial charge in [0.1, 0.15) is 12.4 Å². The zero-order valence-corrected chi connectivity index (χ0v) is 21.8. The number of hydrogen-bond donors (Lipinski definition) is 1. The number of hydrogen-bond acceptors (Lipinski definition) is 5. The van der Waals surface area contributed by atoms with Gasteiger partial charge in [-0.25, -0.2) is 4.98 Å². The molecule has 0 radical (unpaired) electrons. The highest BCUT2D eigenvalue weighted by Gasteiger charge is 2.25. The molecular weight excluding hydrogens is 464 g/mol. The Morgan fingerprint density at radius 1 is 0.946 bits per heavy atom. The van der Waals surface area contributed by atoms with Crippen LogP contribution in [0.15, 0.2) is 54.6 Å². The first-order valence-corrected chi connectivity index (χ1v) is 13.7. The molecule has 1 aliphatic carbocycles. The van der Waals surface area contributed by atoms with Crippen LogP contribution in [-0.4, -0.2) is 36.3 Å². The third-order valence-corrected chi connectivity index (χ3v) is 7.71. The third-order valence-electron chi connectivity index (χ3n) is 7.71. The van der Waals surface area contributed by atoms with E-state index in [0.29, 0.717) is 25.6 Å². The minimum Gasteiger partial charge on any atom is -0.488 e. The van der Waals surface area contributed by atoms with Gasteiger partial charge in [0.2, 0.25) is 5.91 Å². The molecule has 5 rings (SSSR count). The number of ether oxygens (including phenoxy) is 3. The number of amides is 1. The number of nitrogens with zero attached hydrogens (tertiary/aromatic N) is 1. The third kappa shape index (κ3) is 6.88. The molecule has 2 aromatic carbocycles. The fourth-order valence-electron chi connectivity index (χ4n) is 5.45. The molecule has 196 valence electrons. The minimum absolute atomic E-state index is 0.185. The first-order chi connectivity index (χ1) is 18.2. The van der Waals surface area contributed by atoms with Gasteiger partial charge in [0.05, 0.1) is 23.9 Å². The molecule has 0 spiro atoms. The zero-order valence-electron chi connectivity index (χ0n) is 21.8. The summed E-state index contributed by atoms with van der Waals surface area (Å²) in [6.45, 7) is 4.62. The van der Waals surface area contributed by atoms with Gasteiger partial charge in [-0.05, 0) is 69.1 Å². The van der Waals surface area contributed by atoms with Crippen LogP contribution in [0.3, 0.4) is 0 Å². The Hall–Kier alpha value is -2.96. The lowest BCUT2D eigenvalue weighted by Gasteiger charge is -2.30. The molecule has 3 aromatic rings.